The van der Waals surface area contributed by atoms with Crippen molar-refractivity contribution in [3.8, 4) is 0 Å². The van der Waals surface area contributed by atoms with Crippen LogP contribution in [0.15, 0.2) is 41.7 Å². The number of alkyl halides is 3. The fraction of sp³-hybridized carbons (Fsp3) is 0.294. The summed E-state index contributed by atoms with van der Waals surface area (Å²) in [7, 11) is 0. The Morgan fingerprint density at radius 3 is 2.44 bits per heavy atom. The van der Waals surface area contributed by atoms with Crippen molar-refractivity contribution in [3.63, 3.8) is 0 Å². The van der Waals surface area contributed by atoms with Crippen LogP contribution >= 0.6 is 23.4 Å². The second-order valence-electron chi connectivity index (χ2n) is 5.94. The summed E-state index contributed by atoms with van der Waals surface area (Å²) in [6.07, 6.45) is -3.50. The first-order valence-electron chi connectivity index (χ1n) is 7.59. The van der Waals surface area contributed by atoms with Crippen molar-refractivity contribution in [2.75, 3.05) is 0 Å². The Kier molecular flexibility index (Phi) is 4.97. The molecule has 3 nitrogen and oxygen atoms in total. The van der Waals surface area contributed by atoms with Crippen molar-refractivity contribution in [2.24, 2.45) is 0 Å². The van der Waals surface area contributed by atoms with Gasteiger partial charge in [0.2, 0.25) is 0 Å². The van der Waals surface area contributed by atoms with E-state index in [4.69, 9.17) is 11.6 Å². The van der Waals surface area contributed by atoms with Crippen molar-refractivity contribution in [1.29, 1.82) is 0 Å². The molecule has 2 aromatic heterocycles. The van der Waals surface area contributed by atoms with Crippen LogP contribution in [0.5, 0.6) is 0 Å². The van der Waals surface area contributed by atoms with Gasteiger partial charge in [0.25, 0.3) is 0 Å². The van der Waals surface area contributed by atoms with Gasteiger partial charge in [0.15, 0.2) is 10.8 Å². The van der Waals surface area contributed by atoms with Crippen LogP contribution in [-0.4, -0.2) is 14.6 Å². The van der Waals surface area contributed by atoms with Gasteiger partial charge in [-0.25, -0.2) is 0 Å². The fourth-order valence-corrected chi connectivity index (χ4v) is 3.45. The van der Waals surface area contributed by atoms with Gasteiger partial charge in [-0.05, 0) is 23.1 Å². The number of halogens is 4. The summed E-state index contributed by atoms with van der Waals surface area (Å²) >= 11 is 7.23. The number of rotatable bonds is 4. The molecule has 0 unspecified atom stereocenters. The van der Waals surface area contributed by atoms with Crippen LogP contribution in [0.1, 0.15) is 36.5 Å². The highest BCUT2D eigenvalue weighted by atomic mass is 35.5. The Morgan fingerprint density at radius 2 is 1.84 bits per heavy atom. The zero-order valence-electron chi connectivity index (χ0n) is 13.5. The maximum Gasteiger partial charge on any atom is 0.417 e. The lowest BCUT2D eigenvalue weighted by molar-refractivity contribution is -0.137. The molecule has 1 aromatic carbocycles. The topological polar surface area (TPSA) is 30.2 Å². The largest absolute Gasteiger partial charge is 0.417 e. The second kappa shape index (κ2) is 6.88. The lowest BCUT2D eigenvalue weighted by atomic mass is 10.0. The third kappa shape index (κ3) is 3.93. The summed E-state index contributed by atoms with van der Waals surface area (Å²) in [5.74, 6) is 1.03. The second-order valence-corrected chi connectivity index (χ2v) is 7.29. The first-order valence-corrected chi connectivity index (χ1v) is 8.95. The smallest absolute Gasteiger partial charge is 0.276 e. The van der Waals surface area contributed by atoms with Crippen molar-refractivity contribution >= 4 is 29.0 Å². The van der Waals surface area contributed by atoms with Crippen molar-refractivity contribution < 1.29 is 13.2 Å². The molecule has 25 heavy (non-hydrogen) atoms. The lowest BCUT2D eigenvalue weighted by Gasteiger charge is -2.09. The molecule has 3 rings (SSSR count). The third-order valence-electron chi connectivity index (χ3n) is 3.77. The molecule has 2 heterocycles. The molecule has 0 aliphatic carbocycles. The molecule has 0 amide bonds. The first kappa shape index (κ1) is 18.1. The van der Waals surface area contributed by atoms with E-state index in [2.05, 4.69) is 36.2 Å². The van der Waals surface area contributed by atoms with Crippen molar-refractivity contribution in [2.45, 2.75) is 36.9 Å². The Labute approximate surface area is 152 Å². The Bertz CT molecular complexity index is 889. The Balaban J connectivity index is 1.85. The molecule has 0 aliphatic heterocycles. The average molecular weight is 386 g/mol. The summed E-state index contributed by atoms with van der Waals surface area (Å²) in [5, 5.41) is 8.15. The summed E-state index contributed by atoms with van der Waals surface area (Å²) in [6, 6.07) is 9.01. The first-order chi connectivity index (χ1) is 11.8. The van der Waals surface area contributed by atoms with Gasteiger partial charge >= 0.3 is 6.18 Å². The molecule has 0 spiro atoms. The van der Waals surface area contributed by atoms with E-state index >= 15 is 0 Å². The molecule has 0 radical (unpaired) electrons. The van der Waals surface area contributed by atoms with E-state index in [1.165, 1.54) is 21.7 Å². The molecular weight excluding hydrogens is 371 g/mol. The standard InChI is InChI=1S/C17H15ClF3N3S/c1-10(2)12-5-3-11(4-6-12)9-25-16-23-22-15-14(18)7-13(8-24(15)16)17(19,20)21/h3-8,10H,9H2,1-2H3. The number of benzene rings is 1. The van der Waals surface area contributed by atoms with Crippen LogP contribution in [0.2, 0.25) is 5.02 Å². The highest BCUT2D eigenvalue weighted by Crippen LogP contribution is 2.33. The summed E-state index contributed by atoms with van der Waals surface area (Å²) in [6.45, 7) is 4.24. The normalized spacial score (nSPS) is 12.3. The van der Waals surface area contributed by atoms with Crippen LogP contribution < -0.4 is 0 Å². The summed E-state index contributed by atoms with van der Waals surface area (Å²) in [4.78, 5) is 0. The van der Waals surface area contributed by atoms with Crippen LogP contribution in [0.25, 0.3) is 5.65 Å². The lowest BCUT2D eigenvalue weighted by Crippen LogP contribution is -2.07. The quantitative estimate of drug-likeness (QED) is 0.530. The van der Waals surface area contributed by atoms with Gasteiger partial charge in [0.1, 0.15) is 0 Å². The van der Waals surface area contributed by atoms with Crippen LogP contribution in [0.4, 0.5) is 13.2 Å². The molecule has 0 N–H and O–H groups in total. The predicted molar refractivity (Wildman–Crippen MR) is 93.1 cm³/mol. The van der Waals surface area contributed by atoms with E-state index in [1.54, 1.807) is 0 Å². The van der Waals surface area contributed by atoms with Crippen LogP contribution in [-0.2, 0) is 11.9 Å². The molecular formula is C17H15ClF3N3S. The fourth-order valence-electron chi connectivity index (χ4n) is 2.33. The highest BCUT2D eigenvalue weighted by Gasteiger charge is 2.32. The number of nitrogens with zero attached hydrogens (tertiary/aromatic N) is 3. The minimum Gasteiger partial charge on any atom is -0.276 e. The minimum absolute atomic E-state index is 0.0736. The molecule has 3 aromatic rings. The molecule has 0 fully saturated rings. The number of thioether (sulfide) groups is 1. The van der Waals surface area contributed by atoms with E-state index in [1.807, 2.05) is 12.1 Å². The van der Waals surface area contributed by atoms with Crippen molar-refractivity contribution in [3.05, 3.63) is 58.2 Å². The number of fused-ring (bicyclic) bond motifs is 1. The zero-order chi connectivity index (χ0) is 18.2. The summed E-state index contributed by atoms with van der Waals surface area (Å²) < 4.78 is 40.2. The van der Waals surface area contributed by atoms with E-state index in [0.29, 0.717) is 16.8 Å². The zero-order valence-corrected chi connectivity index (χ0v) is 15.1. The Hall–Kier alpha value is -1.73. The molecule has 0 saturated heterocycles. The van der Waals surface area contributed by atoms with Crippen molar-refractivity contribution in [1.82, 2.24) is 14.6 Å². The predicted octanol–water partition coefficient (Wildman–Crippen LogP) is 5.82. The van der Waals surface area contributed by atoms with Gasteiger partial charge in [0, 0.05) is 11.9 Å². The van der Waals surface area contributed by atoms with E-state index in [0.717, 1.165) is 17.8 Å². The molecule has 0 bridgehead atoms. The molecule has 0 aliphatic rings. The number of hydrogen-bond acceptors (Lipinski definition) is 3. The van der Waals surface area contributed by atoms with Gasteiger partial charge in [0.05, 0.1) is 10.6 Å². The Morgan fingerprint density at radius 1 is 1.16 bits per heavy atom. The SMILES string of the molecule is CC(C)c1ccc(CSc2nnc3c(Cl)cc(C(F)(F)F)cn23)cc1. The maximum atomic E-state index is 13.0. The monoisotopic (exact) mass is 385 g/mol. The molecule has 0 atom stereocenters. The molecule has 132 valence electrons. The minimum atomic E-state index is -4.48. The molecule has 0 saturated carbocycles. The number of pyridine rings is 1. The van der Waals surface area contributed by atoms with E-state index in [-0.39, 0.29) is 10.7 Å². The number of hydrogen-bond donors (Lipinski definition) is 0. The van der Waals surface area contributed by atoms with Gasteiger partial charge in [-0.1, -0.05) is 61.5 Å². The van der Waals surface area contributed by atoms with Crippen LogP contribution in [0.3, 0.4) is 0 Å². The third-order valence-corrected chi connectivity index (χ3v) is 5.06. The number of aromatic nitrogens is 3. The summed E-state index contributed by atoms with van der Waals surface area (Å²) in [5.41, 5.74) is 1.69. The van der Waals surface area contributed by atoms with E-state index < -0.39 is 11.7 Å². The maximum absolute atomic E-state index is 13.0. The van der Waals surface area contributed by atoms with Gasteiger partial charge in [-0.2, -0.15) is 13.2 Å². The van der Waals surface area contributed by atoms with Gasteiger partial charge < -0.3 is 0 Å². The van der Waals surface area contributed by atoms with Crippen LogP contribution in [0, 0.1) is 0 Å². The molecule has 8 heteroatoms. The van der Waals surface area contributed by atoms with Gasteiger partial charge in [-0.15, -0.1) is 10.2 Å². The highest BCUT2D eigenvalue weighted by molar-refractivity contribution is 7.98. The van der Waals surface area contributed by atoms with E-state index in [9.17, 15) is 13.2 Å². The average Bonchev–Trinajstić information content (AvgIpc) is 2.96. The van der Waals surface area contributed by atoms with Gasteiger partial charge in [-0.3, -0.25) is 4.40 Å².